The summed E-state index contributed by atoms with van der Waals surface area (Å²) < 4.78 is 13.0. The first-order chi connectivity index (χ1) is 14.6. The molecule has 1 aromatic carbocycles. The van der Waals surface area contributed by atoms with Gasteiger partial charge in [-0.25, -0.2) is 9.67 Å². The summed E-state index contributed by atoms with van der Waals surface area (Å²) in [4.78, 5) is 31.8. The van der Waals surface area contributed by atoms with Gasteiger partial charge in [-0.05, 0) is 17.7 Å². The number of carbonyl (C=O) groups excluding carboxylic acids is 2. The monoisotopic (exact) mass is 409 g/mol. The van der Waals surface area contributed by atoms with Crippen LogP contribution >= 0.6 is 0 Å². The van der Waals surface area contributed by atoms with Crippen molar-refractivity contribution in [1.29, 1.82) is 0 Å². The van der Waals surface area contributed by atoms with Crippen LogP contribution in [-0.4, -0.2) is 70.0 Å². The first-order valence-electron chi connectivity index (χ1n) is 9.97. The first kappa shape index (κ1) is 19.0. The van der Waals surface area contributed by atoms with Gasteiger partial charge in [0.05, 0.1) is 37.6 Å². The number of hydrogen-bond donors (Lipinski definition) is 1. The highest BCUT2D eigenvalue weighted by molar-refractivity contribution is 5.99. The summed E-state index contributed by atoms with van der Waals surface area (Å²) in [6.07, 6.45) is 6.65. The van der Waals surface area contributed by atoms with E-state index in [1.165, 1.54) is 6.33 Å². The lowest BCUT2D eigenvalue weighted by molar-refractivity contribution is -0.136. The fourth-order valence-corrected chi connectivity index (χ4v) is 4.69. The lowest BCUT2D eigenvalue weighted by Gasteiger charge is -2.23. The SMILES string of the molecule is COCCN1CC23C=CC(O2)C(C(=O)Nc2ccc(Cn4cncn4)cc2)C3C1=O. The van der Waals surface area contributed by atoms with E-state index in [9.17, 15) is 9.59 Å². The molecule has 30 heavy (non-hydrogen) atoms. The molecule has 2 bridgehead atoms. The molecule has 5 rings (SSSR count). The number of benzene rings is 1. The molecule has 0 radical (unpaired) electrons. The smallest absolute Gasteiger partial charge is 0.231 e. The topological polar surface area (TPSA) is 98.6 Å². The van der Waals surface area contributed by atoms with Crippen molar-refractivity contribution in [3.63, 3.8) is 0 Å². The number of methoxy groups -OCH3 is 1. The number of fused-ring (bicyclic) bond motifs is 1. The van der Waals surface area contributed by atoms with E-state index >= 15 is 0 Å². The Balaban J connectivity index is 1.28. The molecule has 0 saturated carbocycles. The highest BCUT2D eigenvalue weighted by atomic mass is 16.5. The lowest BCUT2D eigenvalue weighted by Crippen LogP contribution is -2.41. The molecule has 3 aliphatic heterocycles. The number of carbonyl (C=O) groups is 2. The van der Waals surface area contributed by atoms with Crippen molar-refractivity contribution in [1.82, 2.24) is 19.7 Å². The van der Waals surface area contributed by atoms with E-state index in [0.29, 0.717) is 31.9 Å². The van der Waals surface area contributed by atoms with Crippen molar-refractivity contribution >= 4 is 17.5 Å². The second-order valence-electron chi connectivity index (χ2n) is 7.93. The van der Waals surface area contributed by atoms with Gasteiger partial charge in [0.25, 0.3) is 0 Å². The second-order valence-corrected chi connectivity index (χ2v) is 7.93. The quantitative estimate of drug-likeness (QED) is 0.676. The minimum atomic E-state index is -0.695. The molecule has 4 unspecified atom stereocenters. The second kappa shape index (κ2) is 7.33. The molecular formula is C21H23N5O4. The summed E-state index contributed by atoms with van der Waals surface area (Å²) in [6.45, 7) is 2.03. The Bertz CT molecular complexity index is 974. The Morgan fingerprint density at radius 2 is 2.20 bits per heavy atom. The Hall–Kier alpha value is -3.04. The molecule has 9 nitrogen and oxygen atoms in total. The third kappa shape index (κ3) is 3.10. The van der Waals surface area contributed by atoms with E-state index in [1.54, 1.807) is 23.0 Å². The number of amides is 2. The number of ether oxygens (including phenoxy) is 2. The molecule has 1 N–H and O–H groups in total. The van der Waals surface area contributed by atoms with Crippen molar-refractivity contribution in [3.05, 3.63) is 54.6 Å². The molecule has 2 aromatic rings. The maximum absolute atomic E-state index is 13.1. The summed E-state index contributed by atoms with van der Waals surface area (Å²) >= 11 is 0. The summed E-state index contributed by atoms with van der Waals surface area (Å²) in [5.74, 6) is -1.26. The van der Waals surface area contributed by atoms with Crippen LogP contribution in [0.2, 0.25) is 0 Å². The van der Waals surface area contributed by atoms with E-state index in [1.807, 2.05) is 36.4 Å². The van der Waals surface area contributed by atoms with E-state index in [2.05, 4.69) is 15.4 Å². The van der Waals surface area contributed by atoms with E-state index < -0.39 is 17.4 Å². The number of anilines is 1. The average molecular weight is 409 g/mol. The van der Waals surface area contributed by atoms with E-state index in [0.717, 1.165) is 5.56 Å². The number of rotatable bonds is 7. The maximum Gasteiger partial charge on any atom is 0.231 e. The zero-order valence-electron chi connectivity index (χ0n) is 16.6. The third-order valence-corrected chi connectivity index (χ3v) is 6.08. The largest absolute Gasteiger partial charge is 0.383 e. The van der Waals surface area contributed by atoms with Crippen molar-refractivity contribution in [2.24, 2.45) is 11.8 Å². The molecular weight excluding hydrogens is 386 g/mol. The normalized spacial score (nSPS) is 28.9. The van der Waals surface area contributed by atoms with Gasteiger partial charge in [-0.3, -0.25) is 9.59 Å². The predicted octanol–water partition coefficient (Wildman–Crippen LogP) is 0.693. The van der Waals surface area contributed by atoms with Crippen LogP contribution in [0.5, 0.6) is 0 Å². The highest BCUT2D eigenvalue weighted by Crippen LogP contribution is 2.52. The van der Waals surface area contributed by atoms with Gasteiger partial charge in [0.15, 0.2) is 0 Å². The number of likely N-dealkylation sites (tertiary alicyclic amines) is 1. The summed E-state index contributed by atoms with van der Waals surface area (Å²) in [7, 11) is 1.61. The Morgan fingerprint density at radius 3 is 2.93 bits per heavy atom. The number of nitrogens with zero attached hydrogens (tertiary/aromatic N) is 4. The maximum atomic E-state index is 13.1. The molecule has 3 aliphatic rings. The fourth-order valence-electron chi connectivity index (χ4n) is 4.69. The van der Waals surface area contributed by atoms with Gasteiger partial charge >= 0.3 is 0 Å². The molecule has 2 amide bonds. The van der Waals surface area contributed by atoms with Gasteiger partial charge in [0.1, 0.15) is 18.3 Å². The molecule has 4 heterocycles. The van der Waals surface area contributed by atoms with E-state index in [-0.39, 0.29) is 17.9 Å². The van der Waals surface area contributed by atoms with Crippen LogP contribution in [0.1, 0.15) is 5.56 Å². The van der Waals surface area contributed by atoms with Crippen LogP contribution in [0.4, 0.5) is 5.69 Å². The lowest BCUT2D eigenvalue weighted by atomic mass is 9.77. The van der Waals surface area contributed by atoms with Crippen LogP contribution in [0, 0.1) is 11.8 Å². The number of hydrogen-bond acceptors (Lipinski definition) is 6. The average Bonchev–Trinajstić information content (AvgIpc) is 3.51. The van der Waals surface area contributed by atoms with E-state index in [4.69, 9.17) is 9.47 Å². The molecule has 2 saturated heterocycles. The van der Waals surface area contributed by atoms with Crippen LogP contribution in [-0.2, 0) is 25.6 Å². The fraction of sp³-hybridized carbons (Fsp3) is 0.429. The Kier molecular flexibility index (Phi) is 4.63. The highest BCUT2D eigenvalue weighted by Gasteiger charge is 2.66. The molecule has 1 aromatic heterocycles. The zero-order valence-corrected chi connectivity index (χ0v) is 16.6. The predicted molar refractivity (Wildman–Crippen MR) is 106 cm³/mol. The summed E-state index contributed by atoms with van der Waals surface area (Å²) in [5, 5.41) is 7.05. The third-order valence-electron chi connectivity index (χ3n) is 6.08. The van der Waals surface area contributed by atoms with Gasteiger partial charge in [0.2, 0.25) is 11.8 Å². The van der Waals surface area contributed by atoms with Gasteiger partial charge in [-0.2, -0.15) is 5.10 Å². The van der Waals surface area contributed by atoms with Crippen LogP contribution in [0.25, 0.3) is 0 Å². The standard InChI is InChI=1S/C21H23N5O4/c1-29-9-8-25-11-21-7-6-16(30-21)17(18(21)20(25)28)19(27)24-15-4-2-14(3-5-15)10-26-13-22-12-23-26/h2-7,12-13,16-18H,8-11H2,1H3,(H,24,27). The van der Waals surface area contributed by atoms with Gasteiger partial charge in [0, 0.05) is 19.3 Å². The zero-order chi connectivity index (χ0) is 20.7. The molecule has 9 heteroatoms. The van der Waals surface area contributed by atoms with Crippen molar-refractivity contribution < 1.29 is 19.1 Å². The molecule has 4 atom stereocenters. The van der Waals surface area contributed by atoms with Crippen molar-refractivity contribution in [2.75, 3.05) is 32.1 Å². The summed E-state index contributed by atoms with van der Waals surface area (Å²) in [6, 6.07) is 7.57. The minimum Gasteiger partial charge on any atom is -0.383 e. The minimum absolute atomic E-state index is 0.0396. The first-order valence-corrected chi connectivity index (χ1v) is 9.97. The molecule has 156 valence electrons. The number of aromatic nitrogens is 3. The van der Waals surface area contributed by atoms with Crippen molar-refractivity contribution in [3.8, 4) is 0 Å². The van der Waals surface area contributed by atoms with Gasteiger partial charge in [-0.15, -0.1) is 0 Å². The van der Waals surface area contributed by atoms with Gasteiger partial charge < -0.3 is 19.7 Å². The van der Waals surface area contributed by atoms with Crippen LogP contribution in [0.3, 0.4) is 0 Å². The van der Waals surface area contributed by atoms with Crippen LogP contribution in [0.15, 0.2) is 49.1 Å². The Labute approximate surface area is 173 Å². The molecule has 0 aliphatic carbocycles. The van der Waals surface area contributed by atoms with Crippen LogP contribution < -0.4 is 5.32 Å². The Morgan fingerprint density at radius 1 is 1.37 bits per heavy atom. The number of nitrogens with one attached hydrogen (secondary N) is 1. The molecule has 1 spiro atoms. The van der Waals surface area contributed by atoms with Gasteiger partial charge in [-0.1, -0.05) is 24.3 Å². The molecule has 2 fully saturated rings. The summed E-state index contributed by atoms with van der Waals surface area (Å²) in [5.41, 5.74) is 1.03. The van der Waals surface area contributed by atoms with Crippen molar-refractivity contribution in [2.45, 2.75) is 18.2 Å².